The summed E-state index contributed by atoms with van der Waals surface area (Å²) >= 11 is 0. The molecule has 0 aromatic heterocycles. The highest BCUT2D eigenvalue weighted by Gasteiger charge is 2.37. The molecule has 7 heteroatoms. The molecule has 0 radical (unpaired) electrons. The van der Waals surface area contributed by atoms with Crippen LogP contribution >= 0.6 is 0 Å². The minimum absolute atomic E-state index is 0.107. The Morgan fingerprint density at radius 3 is 2.54 bits per heavy atom. The molecule has 0 saturated carbocycles. The summed E-state index contributed by atoms with van der Waals surface area (Å²) in [6.07, 6.45) is 1.40. The molecule has 2 saturated heterocycles. The van der Waals surface area contributed by atoms with Gasteiger partial charge in [0.2, 0.25) is 0 Å². The first-order valence-corrected chi connectivity index (χ1v) is 9.99. The van der Waals surface area contributed by atoms with E-state index < -0.39 is 5.60 Å². The van der Waals surface area contributed by atoms with Crippen LogP contribution in [0.1, 0.15) is 39.2 Å². The van der Waals surface area contributed by atoms with Crippen molar-refractivity contribution in [3.63, 3.8) is 0 Å². The summed E-state index contributed by atoms with van der Waals surface area (Å²) in [5.74, 6) is 0. The number of hydrogen-bond acceptors (Lipinski definition) is 5. The SMILES string of the molecule is CC(C)(C)OC(=O)NC1CN([C@@H]2CCCN(C(=O)OCc3ccccc3)C2)C1. The highest BCUT2D eigenvalue weighted by atomic mass is 16.6. The van der Waals surface area contributed by atoms with Crippen molar-refractivity contribution in [1.82, 2.24) is 15.1 Å². The van der Waals surface area contributed by atoms with Crippen LogP contribution in [0.4, 0.5) is 9.59 Å². The number of carbonyl (C=O) groups excluding carboxylic acids is 2. The average Bonchev–Trinajstić information content (AvgIpc) is 2.62. The van der Waals surface area contributed by atoms with E-state index in [0.29, 0.717) is 19.2 Å². The number of amides is 2. The molecule has 1 aromatic rings. The first-order chi connectivity index (χ1) is 13.3. The van der Waals surface area contributed by atoms with E-state index in [1.54, 1.807) is 4.90 Å². The fourth-order valence-electron chi connectivity index (χ4n) is 3.61. The number of likely N-dealkylation sites (tertiary alicyclic amines) is 2. The first kappa shape index (κ1) is 20.5. The Morgan fingerprint density at radius 1 is 1.14 bits per heavy atom. The van der Waals surface area contributed by atoms with Crippen LogP contribution in [-0.2, 0) is 16.1 Å². The van der Waals surface area contributed by atoms with Crippen LogP contribution in [0, 0.1) is 0 Å². The van der Waals surface area contributed by atoms with Gasteiger partial charge < -0.3 is 19.7 Å². The quantitative estimate of drug-likeness (QED) is 0.857. The minimum Gasteiger partial charge on any atom is -0.445 e. The van der Waals surface area contributed by atoms with E-state index in [0.717, 1.165) is 38.0 Å². The second kappa shape index (κ2) is 8.82. The zero-order valence-corrected chi connectivity index (χ0v) is 17.0. The molecule has 0 aliphatic carbocycles. The Balaban J connectivity index is 1.39. The van der Waals surface area contributed by atoms with Gasteiger partial charge in [-0.25, -0.2) is 9.59 Å². The highest BCUT2D eigenvalue weighted by molar-refractivity contribution is 5.68. The van der Waals surface area contributed by atoms with E-state index >= 15 is 0 Å². The molecule has 2 heterocycles. The number of nitrogens with zero attached hydrogens (tertiary/aromatic N) is 2. The first-order valence-electron chi connectivity index (χ1n) is 9.99. The third-order valence-electron chi connectivity index (χ3n) is 5.01. The van der Waals surface area contributed by atoms with Crippen molar-refractivity contribution >= 4 is 12.2 Å². The number of ether oxygens (including phenoxy) is 2. The molecule has 1 atom stereocenters. The van der Waals surface area contributed by atoms with Crippen molar-refractivity contribution in [2.24, 2.45) is 0 Å². The summed E-state index contributed by atoms with van der Waals surface area (Å²) in [6, 6.07) is 10.1. The molecule has 28 heavy (non-hydrogen) atoms. The number of hydrogen-bond donors (Lipinski definition) is 1. The van der Waals surface area contributed by atoms with Crippen molar-refractivity contribution in [2.75, 3.05) is 26.2 Å². The Hall–Kier alpha value is -2.28. The molecule has 1 aromatic carbocycles. The van der Waals surface area contributed by atoms with Gasteiger partial charge in [-0.05, 0) is 39.2 Å². The van der Waals surface area contributed by atoms with Crippen LogP contribution in [0.25, 0.3) is 0 Å². The summed E-state index contributed by atoms with van der Waals surface area (Å²) in [5.41, 5.74) is 0.500. The summed E-state index contributed by atoms with van der Waals surface area (Å²) in [7, 11) is 0. The van der Waals surface area contributed by atoms with E-state index in [-0.39, 0.29) is 18.2 Å². The van der Waals surface area contributed by atoms with Crippen LogP contribution < -0.4 is 5.32 Å². The summed E-state index contributed by atoms with van der Waals surface area (Å²) in [5, 5.41) is 2.91. The number of alkyl carbamates (subject to hydrolysis) is 1. The lowest BCUT2D eigenvalue weighted by atomic mass is 9.98. The third-order valence-corrected chi connectivity index (χ3v) is 5.01. The lowest BCUT2D eigenvalue weighted by Gasteiger charge is -2.47. The lowest BCUT2D eigenvalue weighted by Crippen LogP contribution is -2.65. The molecule has 3 rings (SSSR count). The Kier molecular flexibility index (Phi) is 6.44. The van der Waals surface area contributed by atoms with E-state index in [1.807, 2.05) is 51.1 Å². The molecule has 1 N–H and O–H groups in total. The van der Waals surface area contributed by atoms with Gasteiger partial charge in [0.05, 0.1) is 6.04 Å². The molecule has 154 valence electrons. The van der Waals surface area contributed by atoms with Crippen LogP contribution in [0.15, 0.2) is 30.3 Å². The molecule has 2 aliphatic heterocycles. The average molecular weight is 389 g/mol. The van der Waals surface area contributed by atoms with Crippen molar-refractivity contribution in [1.29, 1.82) is 0 Å². The molecular formula is C21H31N3O4. The smallest absolute Gasteiger partial charge is 0.410 e. The molecule has 0 unspecified atom stereocenters. The summed E-state index contributed by atoms with van der Waals surface area (Å²) in [6.45, 7) is 8.85. The zero-order chi connectivity index (χ0) is 20.1. The molecule has 2 amide bonds. The second-order valence-electron chi connectivity index (χ2n) is 8.58. The van der Waals surface area contributed by atoms with Crippen LogP contribution in [0.2, 0.25) is 0 Å². The predicted octanol–water partition coefficient (Wildman–Crippen LogP) is 3.00. The van der Waals surface area contributed by atoms with Crippen LogP contribution in [0.3, 0.4) is 0 Å². The number of benzene rings is 1. The Labute approximate surface area is 167 Å². The Bertz CT molecular complexity index is 668. The van der Waals surface area contributed by atoms with Gasteiger partial charge in [-0.1, -0.05) is 30.3 Å². The van der Waals surface area contributed by atoms with Crippen molar-refractivity contribution in [2.45, 2.75) is 57.9 Å². The van der Waals surface area contributed by atoms with Gasteiger partial charge >= 0.3 is 12.2 Å². The number of carbonyl (C=O) groups is 2. The lowest BCUT2D eigenvalue weighted by molar-refractivity contribution is 0.0129. The van der Waals surface area contributed by atoms with Gasteiger partial charge in [0.1, 0.15) is 12.2 Å². The number of piperidine rings is 1. The monoisotopic (exact) mass is 389 g/mol. The van der Waals surface area contributed by atoms with Crippen LogP contribution in [-0.4, -0.2) is 65.9 Å². The van der Waals surface area contributed by atoms with Gasteiger partial charge in [0.25, 0.3) is 0 Å². The van der Waals surface area contributed by atoms with Gasteiger partial charge in [-0.3, -0.25) is 4.90 Å². The molecule has 0 bridgehead atoms. The van der Waals surface area contributed by atoms with E-state index in [1.165, 1.54) is 0 Å². The molecule has 2 aliphatic rings. The fraction of sp³-hybridized carbons (Fsp3) is 0.619. The number of nitrogens with one attached hydrogen (secondary N) is 1. The van der Waals surface area contributed by atoms with E-state index in [4.69, 9.17) is 9.47 Å². The molecular weight excluding hydrogens is 358 g/mol. The summed E-state index contributed by atoms with van der Waals surface area (Å²) in [4.78, 5) is 28.4. The highest BCUT2D eigenvalue weighted by Crippen LogP contribution is 2.22. The zero-order valence-electron chi connectivity index (χ0n) is 17.0. The maximum atomic E-state index is 12.4. The van der Waals surface area contributed by atoms with Gasteiger partial charge in [0, 0.05) is 32.2 Å². The summed E-state index contributed by atoms with van der Waals surface area (Å²) < 4.78 is 10.8. The third kappa shape index (κ3) is 5.86. The maximum absolute atomic E-state index is 12.4. The van der Waals surface area contributed by atoms with Crippen molar-refractivity contribution in [3.8, 4) is 0 Å². The van der Waals surface area contributed by atoms with Crippen molar-refractivity contribution < 1.29 is 19.1 Å². The fourth-order valence-corrected chi connectivity index (χ4v) is 3.61. The van der Waals surface area contributed by atoms with Gasteiger partial charge in [-0.15, -0.1) is 0 Å². The second-order valence-corrected chi connectivity index (χ2v) is 8.58. The number of rotatable bonds is 4. The predicted molar refractivity (Wildman–Crippen MR) is 106 cm³/mol. The normalized spacial score (nSPS) is 21.0. The minimum atomic E-state index is -0.489. The van der Waals surface area contributed by atoms with Crippen LogP contribution in [0.5, 0.6) is 0 Å². The maximum Gasteiger partial charge on any atom is 0.410 e. The van der Waals surface area contributed by atoms with Gasteiger partial charge in [-0.2, -0.15) is 0 Å². The molecule has 2 fully saturated rings. The van der Waals surface area contributed by atoms with Crippen molar-refractivity contribution in [3.05, 3.63) is 35.9 Å². The topological polar surface area (TPSA) is 71.1 Å². The standard InChI is InChI=1S/C21H31N3O4/c1-21(2,3)28-19(25)22-17-12-24(13-17)18-10-7-11-23(14-18)20(26)27-15-16-8-5-4-6-9-16/h4-6,8-9,17-18H,7,10-15H2,1-3H3,(H,22,25)/t18-/m1/s1. The molecule has 7 nitrogen and oxygen atoms in total. The van der Waals surface area contributed by atoms with E-state index in [9.17, 15) is 9.59 Å². The van der Waals surface area contributed by atoms with Gasteiger partial charge in [0.15, 0.2) is 0 Å². The Morgan fingerprint density at radius 2 is 1.86 bits per heavy atom. The largest absolute Gasteiger partial charge is 0.445 e. The molecule has 0 spiro atoms. The van der Waals surface area contributed by atoms with E-state index in [2.05, 4.69) is 10.2 Å².